The van der Waals surface area contributed by atoms with E-state index < -0.39 is 0 Å². The molecule has 2 nitrogen and oxygen atoms in total. The summed E-state index contributed by atoms with van der Waals surface area (Å²) in [4.78, 5) is 3.59. The molecule has 0 saturated heterocycles. The summed E-state index contributed by atoms with van der Waals surface area (Å²) < 4.78 is 0. The quantitative estimate of drug-likeness (QED) is 0.830. The topological polar surface area (TPSA) is 27.8 Å². The number of fused-ring (bicyclic) bond motifs is 3. The van der Waals surface area contributed by atoms with E-state index in [1.807, 2.05) is 0 Å². The lowest BCUT2D eigenvalue weighted by Crippen LogP contribution is -2.38. The summed E-state index contributed by atoms with van der Waals surface area (Å²) in [5.74, 6) is 0. The van der Waals surface area contributed by atoms with Gasteiger partial charge in [0.15, 0.2) is 0 Å². The Bertz CT molecular complexity index is 566. The Morgan fingerprint density at radius 3 is 2.94 bits per heavy atom. The van der Waals surface area contributed by atoms with E-state index in [4.69, 9.17) is 0 Å². The van der Waals surface area contributed by atoms with Gasteiger partial charge in [-0.05, 0) is 43.9 Å². The highest BCUT2D eigenvalue weighted by atomic mass is 14.9. The third kappa shape index (κ3) is 2.05. The van der Waals surface area contributed by atoms with Crippen molar-refractivity contribution in [2.45, 2.75) is 52.1 Å². The van der Waals surface area contributed by atoms with Gasteiger partial charge < -0.3 is 10.3 Å². The van der Waals surface area contributed by atoms with Crippen molar-refractivity contribution in [1.29, 1.82) is 0 Å². The van der Waals surface area contributed by atoms with Gasteiger partial charge >= 0.3 is 0 Å². The number of H-pyrrole nitrogens is 1. The minimum atomic E-state index is 0.573. The molecule has 2 aromatic rings. The number of hydrogen-bond acceptors (Lipinski definition) is 1. The molecule has 0 aliphatic heterocycles. The fourth-order valence-electron chi connectivity index (χ4n) is 3.14. The highest BCUT2D eigenvalue weighted by Crippen LogP contribution is 2.29. The first kappa shape index (κ1) is 11.8. The van der Waals surface area contributed by atoms with Crippen LogP contribution in [0.5, 0.6) is 0 Å². The van der Waals surface area contributed by atoms with Gasteiger partial charge in [0.2, 0.25) is 0 Å². The Labute approximate surface area is 109 Å². The Hall–Kier alpha value is -1.28. The first-order valence-corrected chi connectivity index (χ1v) is 6.99. The van der Waals surface area contributed by atoms with Crippen LogP contribution in [0.25, 0.3) is 10.9 Å². The first-order chi connectivity index (χ1) is 8.63. The average Bonchev–Trinajstić information content (AvgIpc) is 2.66. The van der Waals surface area contributed by atoms with Crippen LogP contribution in [0.4, 0.5) is 0 Å². The van der Waals surface area contributed by atoms with Crippen LogP contribution in [0.1, 0.15) is 37.1 Å². The van der Waals surface area contributed by atoms with E-state index in [2.05, 4.69) is 49.3 Å². The van der Waals surface area contributed by atoms with Crippen molar-refractivity contribution in [3.05, 3.63) is 35.0 Å². The highest BCUT2D eigenvalue weighted by molar-refractivity contribution is 5.85. The van der Waals surface area contributed by atoms with Gasteiger partial charge in [0, 0.05) is 28.7 Å². The molecule has 2 heteroatoms. The Kier molecular flexibility index (Phi) is 2.90. The van der Waals surface area contributed by atoms with E-state index in [0.717, 1.165) is 6.42 Å². The molecule has 0 amide bonds. The number of nitrogens with one attached hydrogen (secondary N) is 2. The lowest BCUT2D eigenvalue weighted by molar-refractivity contribution is 0.421. The second kappa shape index (κ2) is 4.43. The van der Waals surface area contributed by atoms with Crippen LogP contribution in [-0.2, 0) is 12.8 Å². The number of aromatic nitrogens is 1. The second-order valence-electron chi connectivity index (χ2n) is 5.89. The number of rotatable bonds is 2. The average molecular weight is 242 g/mol. The van der Waals surface area contributed by atoms with Crippen molar-refractivity contribution in [1.82, 2.24) is 10.3 Å². The fourth-order valence-corrected chi connectivity index (χ4v) is 3.14. The molecule has 2 N–H and O–H groups in total. The number of aromatic amines is 1. The molecular weight excluding hydrogens is 220 g/mol. The van der Waals surface area contributed by atoms with Crippen LogP contribution < -0.4 is 5.32 Å². The summed E-state index contributed by atoms with van der Waals surface area (Å²) in [5, 5.41) is 5.11. The molecule has 18 heavy (non-hydrogen) atoms. The van der Waals surface area contributed by atoms with Gasteiger partial charge in [0.05, 0.1) is 0 Å². The molecule has 0 fully saturated rings. The maximum absolute atomic E-state index is 3.68. The predicted molar refractivity (Wildman–Crippen MR) is 77.1 cm³/mol. The first-order valence-electron chi connectivity index (χ1n) is 6.99. The fraction of sp³-hybridized carbons (Fsp3) is 0.500. The zero-order valence-corrected chi connectivity index (χ0v) is 11.5. The van der Waals surface area contributed by atoms with Crippen LogP contribution in [0.2, 0.25) is 0 Å². The maximum atomic E-state index is 3.68. The Balaban J connectivity index is 1.98. The van der Waals surface area contributed by atoms with E-state index in [0.29, 0.717) is 12.1 Å². The third-order valence-electron chi connectivity index (χ3n) is 3.91. The standard InChI is InChI=1S/C16H22N2/c1-10(2)17-12-5-7-16-14(9-12)13-8-11(3)4-6-15(13)18-16/h4,6,8,10,12,17-18H,5,7,9H2,1-3H3. The molecule has 1 aromatic carbocycles. The summed E-state index contributed by atoms with van der Waals surface area (Å²) in [6.45, 7) is 6.63. The van der Waals surface area contributed by atoms with Gasteiger partial charge in [-0.2, -0.15) is 0 Å². The number of benzene rings is 1. The van der Waals surface area contributed by atoms with Crippen molar-refractivity contribution in [3.8, 4) is 0 Å². The summed E-state index contributed by atoms with van der Waals surface area (Å²) in [7, 11) is 0. The SMILES string of the molecule is Cc1ccc2[nH]c3c(c2c1)CC(NC(C)C)CC3. The van der Waals surface area contributed by atoms with Crippen LogP contribution in [-0.4, -0.2) is 17.1 Å². The molecule has 1 heterocycles. The number of aryl methyl sites for hydroxylation is 2. The van der Waals surface area contributed by atoms with Gasteiger partial charge in [-0.1, -0.05) is 25.5 Å². The molecule has 0 spiro atoms. The summed E-state index contributed by atoms with van der Waals surface area (Å²) in [6, 6.07) is 7.94. The van der Waals surface area contributed by atoms with E-state index in [-0.39, 0.29) is 0 Å². The molecule has 0 saturated carbocycles. The molecule has 1 unspecified atom stereocenters. The van der Waals surface area contributed by atoms with Crippen LogP contribution in [0.15, 0.2) is 18.2 Å². The molecule has 0 radical (unpaired) electrons. The zero-order chi connectivity index (χ0) is 12.7. The smallest absolute Gasteiger partial charge is 0.0459 e. The van der Waals surface area contributed by atoms with Crippen molar-refractivity contribution in [2.75, 3.05) is 0 Å². The molecule has 1 atom stereocenters. The molecule has 3 rings (SSSR count). The largest absolute Gasteiger partial charge is 0.358 e. The van der Waals surface area contributed by atoms with E-state index in [1.54, 1.807) is 0 Å². The van der Waals surface area contributed by atoms with Crippen LogP contribution in [0, 0.1) is 6.92 Å². The minimum absolute atomic E-state index is 0.573. The molecular formula is C16H22N2. The Morgan fingerprint density at radius 1 is 1.33 bits per heavy atom. The molecule has 1 aliphatic rings. The highest BCUT2D eigenvalue weighted by Gasteiger charge is 2.22. The van der Waals surface area contributed by atoms with Gasteiger partial charge in [0.1, 0.15) is 0 Å². The Morgan fingerprint density at radius 2 is 2.17 bits per heavy atom. The molecule has 1 aliphatic carbocycles. The van der Waals surface area contributed by atoms with Gasteiger partial charge in [0.25, 0.3) is 0 Å². The maximum Gasteiger partial charge on any atom is 0.0459 e. The van der Waals surface area contributed by atoms with Crippen molar-refractivity contribution in [3.63, 3.8) is 0 Å². The number of hydrogen-bond donors (Lipinski definition) is 2. The van der Waals surface area contributed by atoms with Gasteiger partial charge in [-0.15, -0.1) is 0 Å². The van der Waals surface area contributed by atoms with Crippen molar-refractivity contribution >= 4 is 10.9 Å². The van der Waals surface area contributed by atoms with Crippen LogP contribution in [0.3, 0.4) is 0 Å². The molecule has 0 bridgehead atoms. The minimum Gasteiger partial charge on any atom is -0.358 e. The lowest BCUT2D eigenvalue weighted by Gasteiger charge is -2.25. The summed E-state index contributed by atoms with van der Waals surface area (Å²) >= 11 is 0. The third-order valence-corrected chi connectivity index (χ3v) is 3.91. The predicted octanol–water partition coefficient (Wildman–Crippen LogP) is 3.33. The van der Waals surface area contributed by atoms with E-state index >= 15 is 0 Å². The van der Waals surface area contributed by atoms with E-state index in [9.17, 15) is 0 Å². The van der Waals surface area contributed by atoms with Crippen molar-refractivity contribution in [2.24, 2.45) is 0 Å². The van der Waals surface area contributed by atoms with Crippen molar-refractivity contribution < 1.29 is 0 Å². The zero-order valence-electron chi connectivity index (χ0n) is 11.5. The second-order valence-corrected chi connectivity index (χ2v) is 5.89. The van der Waals surface area contributed by atoms with Gasteiger partial charge in [-0.3, -0.25) is 0 Å². The summed E-state index contributed by atoms with van der Waals surface area (Å²) in [6.07, 6.45) is 3.58. The monoisotopic (exact) mass is 242 g/mol. The molecule has 96 valence electrons. The normalized spacial score (nSPS) is 19.4. The lowest BCUT2D eigenvalue weighted by atomic mass is 9.91. The van der Waals surface area contributed by atoms with Gasteiger partial charge in [-0.25, -0.2) is 0 Å². The van der Waals surface area contributed by atoms with Crippen LogP contribution >= 0.6 is 0 Å². The molecule has 1 aromatic heterocycles. The van der Waals surface area contributed by atoms with E-state index in [1.165, 1.54) is 40.6 Å². The summed E-state index contributed by atoms with van der Waals surface area (Å²) in [5.41, 5.74) is 5.65.